The lowest BCUT2D eigenvalue weighted by atomic mass is 9.99. The van der Waals surface area contributed by atoms with Crippen LogP contribution in [0.4, 0.5) is 0 Å². The molecule has 0 aliphatic heterocycles. The summed E-state index contributed by atoms with van der Waals surface area (Å²) in [4.78, 5) is 21.1. The van der Waals surface area contributed by atoms with Crippen molar-refractivity contribution in [1.82, 2.24) is 5.32 Å². The molecule has 1 rings (SSSR count). The topological polar surface area (TPSA) is 66.4 Å². The molecule has 0 saturated carbocycles. The number of nitrogens with one attached hydrogen (secondary N) is 1. The number of carboxylic acids is 1. The highest BCUT2D eigenvalue weighted by Crippen LogP contribution is 2.23. The number of benzene rings is 1. The molecule has 1 amide bonds. The third-order valence-electron chi connectivity index (χ3n) is 2.26. The molecule has 0 aliphatic rings. The van der Waals surface area contributed by atoms with Crippen LogP contribution < -0.4 is 5.32 Å². The molecule has 0 bridgehead atoms. The van der Waals surface area contributed by atoms with Crippen LogP contribution in [0.2, 0.25) is 5.02 Å². The van der Waals surface area contributed by atoms with Gasteiger partial charge in [-0.05, 0) is 30.2 Å². The molecule has 4 nitrogen and oxygen atoms in total. The summed E-state index contributed by atoms with van der Waals surface area (Å²) in [6, 6.07) is 4.61. The van der Waals surface area contributed by atoms with E-state index in [1.54, 1.807) is 18.2 Å². The van der Waals surface area contributed by atoms with Gasteiger partial charge >= 0.3 is 5.97 Å². The van der Waals surface area contributed by atoms with Crippen LogP contribution in [0.1, 0.15) is 23.6 Å². The first kappa shape index (κ1) is 12.5. The molecule has 0 saturated heterocycles. The number of hydrogen-bond acceptors (Lipinski definition) is 2. The van der Waals surface area contributed by atoms with E-state index in [0.717, 1.165) is 11.1 Å². The second kappa shape index (κ2) is 5.51. The maximum atomic E-state index is 10.7. The Bertz CT molecular complexity index is 406. The maximum Gasteiger partial charge on any atom is 0.305 e. The SMILES string of the molecule is Cc1cc(Cl)ccc1[C@H](CC(=O)O)NC=O. The van der Waals surface area contributed by atoms with Crippen molar-refractivity contribution in [2.24, 2.45) is 0 Å². The van der Waals surface area contributed by atoms with Gasteiger partial charge < -0.3 is 10.4 Å². The van der Waals surface area contributed by atoms with E-state index in [9.17, 15) is 9.59 Å². The van der Waals surface area contributed by atoms with Gasteiger partial charge in [0, 0.05) is 5.02 Å². The van der Waals surface area contributed by atoms with Gasteiger partial charge in [0.2, 0.25) is 6.41 Å². The Balaban J connectivity index is 3.00. The van der Waals surface area contributed by atoms with Gasteiger partial charge in [0.25, 0.3) is 0 Å². The molecule has 0 unspecified atom stereocenters. The van der Waals surface area contributed by atoms with E-state index < -0.39 is 12.0 Å². The summed E-state index contributed by atoms with van der Waals surface area (Å²) in [5.74, 6) is -0.964. The van der Waals surface area contributed by atoms with Crippen molar-refractivity contribution >= 4 is 24.0 Å². The molecule has 5 heteroatoms. The van der Waals surface area contributed by atoms with E-state index in [1.807, 2.05) is 6.92 Å². The van der Waals surface area contributed by atoms with E-state index in [2.05, 4.69) is 5.32 Å². The fraction of sp³-hybridized carbons (Fsp3) is 0.273. The summed E-state index contributed by atoms with van der Waals surface area (Å²) >= 11 is 5.80. The van der Waals surface area contributed by atoms with Crippen molar-refractivity contribution in [3.8, 4) is 0 Å². The van der Waals surface area contributed by atoms with Crippen molar-refractivity contribution < 1.29 is 14.7 Å². The van der Waals surface area contributed by atoms with E-state index in [4.69, 9.17) is 16.7 Å². The average Bonchev–Trinajstić information content (AvgIpc) is 2.16. The number of halogens is 1. The second-order valence-corrected chi connectivity index (χ2v) is 3.87. The third-order valence-corrected chi connectivity index (χ3v) is 2.49. The predicted octanol–water partition coefficient (Wildman–Crippen LogP) is 1.91. The van der Waals surface area contributed by atoms with E-state index in [0.29, 0.717) is 11.4 Å². The van der Waals surface area contributed by atoms with Crippen LogP contribution in [0.3, 0.4) is 0 Å². The number of carboxylic acid groups (broad SMARTS) is 1. The molecule has 0 radical (unpaired) electrons. The van der Waals surface area contributed by atoms with Crippen molar-refractivity contribution in [2.75, 3.05) is 0 Å². The number of rotatable bonds is 5. The molecule has 16 heavy (non-hydrogen) atoms. The lowest BCUT2D eigenvalue weighted by Crippen LogP contribution is -2.23. The number of carbonyl (C=O) groups is 2. The lowest BCUT2D eigenvalue weighted by molar-refractivity contribution is -0.137. The summed E-state index contributed by atoms with van der Waals surface area (Å²) in [5, 5.41) is 11.8. The van der Waals surface area contributed by atoms with Gasteiger partial charge in [-0.15, -0.1) is 0 Å². The Hall–Kier alpha value is -1.55. The third kappa shape index (κ3) is 3.24. The van der Waals surface area contributed by atoms with Crippen molar-refractivity contribution in [3.05, 3.63) is 34.3 Å². The summed E-state index contributed by atoms with van der Waals surface area (Å²) in [7, 11) is 0. The van der Waals surface area contributed by atoms with Gasteiger partial charge in [0.05, 0.1) is 12.5 Å². The van der Waals surface area contributed by atoms with Crippen LogP contribution in [-0.4, -0.2) is 17.5 Å². The molecule has 0 fully saturated rings. The zero-order valence-corrected chi connectivity index (χ0v) is 9.49. The molecule has 0 heterocycles. The number of hydrogen-bond donors (Lipinski definition) is 2. The molecule has 0 spiro atoms. The van der Waals surface area contributed by atoms with Gasteiger partial charge in [0.1, 0.15) is 0 Å². The second-order valence-electron chi connectivity index (χ2n) is 3.44. The molecule has 86 valence electrons. The standard InChI is InChI=1S/C11H12ClNO3/c1-7-4-8(12)2-3-9(7)10(13-6-14)5-11(15)16/h2-4,6,10H,5H2,1H3,(H,13,14)(H,15,16)/t10-/m0/s1. The number of carbonyl (C=O) groups excluding carboxylic acids is 1. The Morgan fingerprint density at radius 1 is 1.62 bits per heavy atom. The molecule has 0 aromatic heterocycles. The van der Waals surface area contributed by atoms with Gasteiger partial charge in [-0.25, -0.2) is 0 Å². The summed E-state index contributed by atoms with van der Waals surface area (Å²) < 4.78 is 0. The Kier molecular flexibility index (Phi) is 4.31. The predicted molar refractivity (Wildman–Crippen MR) is 60.4 cm³/mol. The molecular weight excluding hydrogens is 230 g/mol. The number of aliphatic carboxylic acids is 1. The molecule has 1 atom stereocenters. The Labute approximate surface area is 98.2 Å². The van der Waals surface area contributed by atoms with Crippen LogP contribution in [-0.2, 0) is 9.59 Å². The number of amides is 1. The van der Waals surface area contributed by atoms with Crippen LogP contribution >= 0.6 is 11.6 Å². The van der Waals surface area contributed by atoms with Crippen LogP contribution in [0.5, 0.6) is 0 Å². The highest BCUT2D eigenvalue weighted by atomic mass is 35.5. The van der Waals surface area contributed by atoms with E-state index in [1.165, 1.54) is 0 Å². The smallest absolute Gasteiger partial charge is 0.305 e. The fourth-order valence-corrected chi connectivity index (χ4v) is 1.77. The molecule has 1 aromatic carbocycles. The average molecular weight is 242 g/mol. The monoisotopic (exact) mass is 241 g/mol. The molecule has 1 aromatic rings. The summed E-state index contributed by atoms with van der Waals surface area (Å²) in [5.41, 5.74) is 1.62. The highest BCUT2D eigenvalue weighted by Gasteiger charge is 2.16. The molecule has 0 aliphatic carbocycles. The molecular formula is C11H12ClNO3. The zero-order valence-electron chi connectivity index (χ0n) is 8.74. The van der Waals surface area contributed by atoms with Crippen LogP contribution in [0.15, 0.2) is 18.2 Å². The number of aryl methyl sites for hydroxylation is 1. The van der Waals surface area contributed by atoms with E-state index in [-0.39, 0.29) is 6.42 Å². The minimum absolute atomic E-state index is 0.152. The minimum Gasteiger partial charge on any atom is -0.481 e. The van der Waals surface area contributed by atoms with Crippen molar-refractivity contribution in [3.63, 3.8) is 0 Å². The van der Waals surface area contributed by atoms with Crippen LogP contribution in [0.25, 0.3) is 0 Å². The summed E-state index contributed by atoms with van der Waals surface area (Å²) in [6.07, 6.45) is 0.350. The minimum atomic E-state index is -0.964. The fourth-order valence-electron chi connectivity index (χ4n) is 1.55. The zero-order chi connectivity index (χ0) is 12.1. The first-order valence-electron chi connectivity index (χ1n) is 4.72. The van der Waals surface area contributed by atoms with Gasteiger partial charge in [0.15, 0.2) is 0 Å². The first-order chi connectivity index (χ1) is 7.54. The summed E-state index contributed by atoms with van der Waals surface area (Å²) in [6.45, 7) is 1.82. The maximum absolute atomic E-state index is 10.7. The van der Waals surface area contributed by atoms with Gasteiger partial charge in [-0.2, -0.15) is 0 Å². The largest absolute Gasteiger partial charge is 0.481 e. The highest BCUT2D eigenvalue weighted by molar-refractivity contribution is 6.30. The van der Waals surface area contributed by atoms with Gasteiger partial charge in [-0.3, -0.25) is 9.59 Å². The van der Waals surface area contributed by atoms with Crippen molar-refractivity contribution in [1.29, 1.82) is 0 Å². The quantitative estimate of drug-likeness (QED) is 0.774. The normalized spacial score (nSPS) is 11.9. The van der Waals surface area contributed by atoms with E-state index >= 15 is 0 Å². The van der Waals surface area contributed by atoms with Crippen molar-refractivity contribution in [2.45, 2.75) is 19.4 Å². The first-order valence-corrected chi connectivity index (χ1v) is 5.10. The lowest BCUT2D eigenvalue weighted by Gasteiger charge is -2.16. The van der Waals surface area contributed by atoms with Gasteiger partial charge in [-0.1, -0.05) is 17.7 Å². The van der Waals surface area contributed by atoms with Crippen LogP contribution in [0, 0.1) is 6.92 Å². The Morgan fingerprint density at radius 2 is 2.31 bits per heavy atom. The molecule has 2 N–H and O–H groups in total. The Morgan fingerprint density at radius 3 is 2.81 bits per heavy atom.